The SMILES string of the molecule is CNCC1CN(C)c2c(C)cccc21. The number of aryl methyl sites for hydroxylation is 1. The molecule has 1 aliphatic heterocycles. The van der Waals surface area contributed by atoms with Crippen molar-refractivity contribution < 1.29 is 0 Å². The molecule has 0 bridgehead atoms. The molecule has 0 saturated carbocycles. The van der Waals surface area contributed by atoms with Crippen LogP contribution in [0.4, 0.5) is 5.69 Å². The third kappa shape index (κ3) is 1.40. The van der Waals surface area contributed by atoms with Crippen molar-refractivity contribution in [3.63, 3.8) is 0 Å². The molecule has 0 aromatic heterocycles. The molecule has 14 heavy (non-hydrogen) atoms. The fourth-order valence-electron chi connectivity index (χ4n) is 2.47. The highest BCUT2D eigenvalue weighted by Crippen LogP contribution is 2.36. The number of benzene rings is 1. The van der Waals surface area contributed by atoms with E-state index in [0.717, 1.165) is 13.1 Å². The molecule has 1 heterocycles. The minimum atomic E-state index is 0.653. The standard InChI is InChI=1S/C12H18N2/c1-9-5-4-6-11-10(7-13-2)8-14(3)12(9)11/h4-6,10,13H,7-8H2,1-3H3. The van der Waals surface area contributed by atoms with Crippen LogP contribution in [-0.2, 0) is 0 Å². The van der Waals surface area contributed by atoms with Crippen LogP contribution in [0.1, 0.15) is 17.0 Å². The summed E-state index contributed by atoms with van der Waals surface area (Å²) in [6.45, 7) is 4.40. The fourth-order valence-corrected chi connectivity index (χ4v) is 2.47. The predicted octanol–water partition coefficient (Wildman–Crippen LogP) is 1.75. The molecule has 0 spiro atoms. The molecular formula is C12H18N2. The summed E-state index contributed by atoms with van der Waals surface area (Å²) >= 11 is 0. The van der Waals surface area contributed by atoms with Gasteiger partial charge in [-0.3, -0.25) is 0 Å². The third-order valence-corrected chi connectivity index (χ3v) is 3.04. The molecular weight excluding hydrogens is 172 g/mol. The van der Waals surface area contributed by atoms with E-state index < -0.39 is 0 Å². The zero-order valence-electron chi connectivity index (χ0n) is 9.17. The van der Waals surface area contributed by atoms with Crippen LogP contribution in [0.15, 0.2) is 18.2 Å². The Hall–Kier alpha value is -1.02. The van der Waals surface area contributed by atoms with Crippen molar-refractivity contribution in [2.75, 3.05) is 32.1 Å². The Balaban J connectivity index is 2.39. The summed E-state index contributed by atoms with van der Waals surface area (Å²) in [6.07, 6.45) is 0. The lowest BCUT2D eigenvalue weighted by Crippen LogP contribution is -2.22. The van der Waals surface area contributed by atoms with Crippen LogP contribution in [0.25, 0.3) is 0 Å². The molecule has 2 heteroatoms. The largest absolute Gasteiger partial charge is 0.373 e. The van der Waals surface area contributed by atoms with Crippen molar-refractivity contribution in [1.82, 2.24) is 5.32 Å². The third-order valence-electron chi connectivity index (χ3n) is 3.04. The Labute approximate surface area is 85.9 Å². The lowest BCUT2D eigenvalue weighted by atomic mass is 9.99. The highest BCUT2D eigenvalue weighted by atomic mass is 15.1. The molecule has 2 nitrogen and oxygen atoms in total. The molecule has 0 amide bonds. The number of rotatable bonds is 2. The van der Waals surface area contributed by atoms with Crippen LogP contribution in [0, 0.1) is 6.92 Å². The molecule has 76 valence electrons. The smallest absolute Gasteiger partial charge is 0.0430 e. The maximum Gasteiger partial charge on any atom is 0.0430 e. The van der Waals surface area contributed by atoms with Crippen LogP contribution < -0.4 is 10.2 Å². The zero-order chi connectivity index (χ0) is 10.1. The first-order valence-corrected chi connectivity index (χ1v) is 5.19. The minimum absolute atomic E-state index is 0.653. The van der Waals surface area contributed by atoms with Crippen molar-refractivity contribution in [3.05, 3.63) is 29.3 Å². The van der Waals surface area contributed by atoms with E-state index >= 15 is 0 Å². The van der Waals surface area contributed by atoms with Gasteiger partial charge in [0.05, 0.1) is 0 Å². The molecule has 0 aliphatic carbocycles. The van der Waals surface area contributed by atoms with Crippen molar-refractivity contribution >= 4 is 5.69 Å². The first-order valence-electron chi connectivity index (χ1n) is 5.19. The van der Waals surface area contributed by atoms with E-state index in [2.05, 4.69) is 42.4 Å². The van der Waals surface area contributed by atoms with E-state index in [9.17, 15) is 0 Å². The number of hydrogen-bond acceptors (Lipinski definition) is 2. The molecule has 1 aliphatic rings. The number of para-hydroxylation sites is 1. The summed E-state index contributed by atoms with van der Waals surface area (Å²) in [6, 6.07) is 6.61. The Morgan fingerprint density at radius 2 is 2.29 bits per heavy atom. The normalized spacial score (nSPS) is 19.9. The average molecular weight is 190 g/mol. The van der Waals surface area contributed by atoms with E-state index in [1.807, 2.05) is 7.05 Å². The van der Waals surface area contributed by atoms with Gasteiger partial charge >= 0.3 is 0 Å². The summed E-state index contributed by atoms with van der Waals surface area (Å²) in [5.41, 5.74) is 4.33. The average Bonchev–Trinajstić information content (AvgIpc) is 2.46. The number of fused-ring (bicyclic) bond motifs is 1. The van der Waals surface area contributed by atoms with Gasteiger partial charge in [0.1, 0.15) is 0 Å². The summed E-state index contributed by atoms with van der Waals surface area (Å²) in [5, 5.41) is 3.26. The van der Waals surface area contributed by atoms with Gasteiger partial charge in [-0.1, -0.05) is 18.2 Å². The van der Waals surface area contributed by atoms with Crippen LogP contribution in [0.3, 0.4) is 0 Å². The van der Waals surface area contributed by atoms with Crippen LogP contribution in [0.2, 0.25) is 0 Å². The van der Waals surface area contributed by atoms with Gasteiger partial charge in [0.25, 0.3) is 0 Å². The summed E-state index contributed by atoms with van der Waals surface area (Å²) in [5.74, 6) is 0.653. The fraction of sp³-hybridized carbons (Fsp3) is 0.500. The molecule has 2 rings (SSSR count). The van der Waals surface area contributed by atoms with Gasteiger partial charge in [-0.2, -0.15) is 0 Å². The lowest BCUT2D eigenvalue weighted by molar-refractivity contribution is 0.654. The number of nitrogens with zero attached hydrogens (tertiary/aromatic N) is 1. The summed E-state index contributed by atoms with van der Waals surface area (Å²) < 4.78 is 0. The number of likely N-dealkylation sites (N-methyl/N-ethyl adjacent to an activating group) is 2. The number of nitrogens with one attached hydrogen (secondary N) is 1. The second kappa shape index (κ2) is 3.62. The van der Waals surface area contributed by atoms with E-state index in [4.69, 9.17) is 0 Å². The summed E-state index contributed by atoms with van der Waals surface area (Å²) in [7, 11) is 4.20. The molecule has 0 fully saturated rings. The minimum Gasteiger partial charge on any atom is -0.373 e. The van der Waals surface area contributed by atoms with Crippen molar-refractivity contribution in [2.45, 2.75) is 12.8 Å². The maximum absolute atomic E-state index is 3.26. The second-order valence-electron chi connectivity index (χ2n) is 4.15. The van der Waals surface area contributed by atoms with Crippen LogP contribution >= 0.6 is 0 Å². The van der Waals surface area contributed by atoms with Crippen LogP contribution in [-0.4, -0.2) is 27.2 Å². The van der Waals surface area contributed by atoms with Gasteiger partial charge in [-0.05, 0) is 25.1 Å². The molecule has 0 radical (unpaired) electrons. The van der Waals surface area contributed by atoms with Gasteiger partial charge in [-0.25, -0.2) is 0 Å². The monoisotopic (exact) mass is 190 g/mol. The quantitative estimate of drug-likeness (QED) is 0.764. The topological polar surface area (TPSA) is 15.3 Å². The zero-order valence-corrected chi connectivity index (χ0v) is 9.17. The first-order chi connectivity index (χ1) is 6.74. The summed E-state index contributed by atoms with van der Waals surface area (Å²) in [4.78, 5) is 2.37. The second-order valence-corrected chi connectivity index (χ2v) is 4.15. The van der Waals surface area contributed by atoms with E-state index in [1.54, 1.807) is 0 Å². The Morgan fingerprint density at radius 3 is 3.00 bits per heavy atom. The van der Waals surface area contributed by atoms with Gasteiger partial charge in [0.2, 0.25) is 0 Å². The Kier molecular flexibility index (Phi) is 2.46. The highest BCUT2D eigenvalue weighted by Gasteiger charge is 2.26. The molecule has 1 aromatic carbocycles. The highest BCUT2D eigenvalue weighted by molar-refractivity contribution is 5.64. The lowest BCUT2D eigenvalue weighted by Gasteiger charge is -2.14. The van der Waals surface area contributed by atoms with Gasteiger partial charge in [-0.15, -0.1) is 0 Å². The molecule has 1 unspecified atom stereocenters. The number of hydrogen-bond donors (Lipinski definition) is 1. The van der Waals surface area contributed by atoms with Crippen molar-refractivity contribution in [3.8, 4) is 0 Å². The van der Waals surface area contributed by atoms with Crippen molar-refractivity contribution in [1.29, 1.82) is 0 Å². The van der Waals surface area contributed by atoms with Gasteiger partial charge < -0.3 is 10.2 Å². The van der Waals surface area contributed by atoms with Gasteiger partial charge in [0.15, 0.2) is 0 Å². The van der Waals surface area contributed by atoms with Crippen molar-refractivity contribution in [2.24, 2.45) is 0 Å². The molecule has 1 atom stereocenters. The maximum atomic E-state index is 3.26. The van der Waals surface area contributed by atoms with E-state index in [0.29, 0.717) is 5.92 Å². The van der Waals surface area contributed by atoms with Crippen LogP contribution in [0.5, 0.6) is 0 Å². The molecule has 0 saturated heterocycles. The predicted molar refractivity (Wildman–Crippen MR) is 61.1 cm³/mol. The Bertz CT molecular complexity index is 333. The first kappa shape index (κ1) is 9.53. The Morgan fingerprint density at radius 1 is 1.50 bits per heavy atom. The van der Waals surface area contributed by atoms with E-state index in [-0.39, 0.29) is 0 Å². The van der Waals surface area contributed by atoms with E-state index in [1.165, 1.54) is 16.8 Å². The molecule has 1 N–H and O–H groups in total. The number of anilines is 1. The van der Waals surface area contributed by atoms with Gasteiger partial charge in [0, 0.05) is 31.7 Å². The molecule has 1 aromatic rings.